The molecule has 0 spiro atoms. The molecule has 1 amide bonds. The van der Waals surface area contributed by atoms with Crippen molar-refractivity contribution in [2.75, 3.05) is 0 Å². The number of carbonyl (C=O) groups is 2. The van der Waals surface area contributed by atoms with Gasteiger partial charge < -0.3 is 9.84 Å². The molecular formula is C34H38F9NO4. The Morgan fingerprint density at radius 2 is 1.44 bits per heavy atom. The van der Waals surface area contributed by atoms with Crippen molar-refractivity contribution < 1.29 is 58.9 Å². The van der Waals surface area contributed by atoms with Crippen LogP contribution in [-0.4, -0.2) is 28.1 Å². The SMILES string of the molecule is CCCC(CCc1ccc(C(F)(F)F)cc1CN1C(=O)OC(c2cc(C(F)(F)F)cc(C(F)(F)F)c2)C1C)C1CCC(CC(=O)O)CC1. The van der Waals surface area contributed by atoms with Gasteiger partial charge in [-0.3, -0.25) is 9.69 Å². The van der Waals surface area contributed by atoms with Gasteiger partial charge in [0.1, 0.15) is 6.10 Å². The van der Waals surface area contributed by atoms with Crippen LogP contribution >= 0.6 is 0 Å². The van der Waals surface area contributed by atoms with Crippen LogP contribution in [-0.2, 0) is 41.0 Å². The molecule has 266 valence electrons. The van der Waals surface area contributed by atoms with E-state index in [4.69, 9.17) is 9.84 Å². The Morgan fingerprint density at radius 3 is 1.96 bits per heavy atom. The third-order valence-electron chi connectivity index (χ3n) is 9.67. The van der Waals surface area contributed by atoms with Crippen LogP contribution in [0.1, 0.15) is 105 Å². The molecule has 3 unspecified atom stereocenters. The summed E-state index contributed by atoms with van der Waals surface area (Å²) >= 11 is 0. The number of carbonyl (C=O) groups excluding carboxylic acids is 1. The number of hydrogen-bond acceptors (Lipinski definition) is 3. The highest BCUT2D eigenvalue weighted by Crippen LogP contribution is 2.42. The number of rotatable bonds is 11. The molecule has 0 bridgehead atoms. The first-order valence-corrected chi connectivity index (χ1v) is 15.9. The molecule has 5 nitrogen and oxygen atoms in total. The number of aliphatic carboxylic acids is 1. The van der Waals surface area contributed by atoms with Crippen molar-refractivity contribution in [3.63, 3.8) is 0 Å². The van der Waals surface area contributed by atoms with Gasteiger partial charge >= 0.3 is 30.6 Å². The van der Waals surface area contributed by atoms with E-state index in [1.54, 1.807) is 0 Å². The second-order valence-corrected chi connectivity index (χ2v) is 13.0. The Kier molecular flexibility index (Phi) is 11.3. The lowest BCUT2D eigenvalue weighted by atomic mass is 9.72. The first kappa shape index (κ1) is 37.4. The molecule has 2 aliphatic rings. The van der Waals surface area contributed by atoms with Gasteiger partial charge in [-0.15, -0.1) is 0 Å². The highest BCUT2D eigenvalue weighted by Gasteiger charge is 2.44. The minimum Gasteiger partial charge on any atom is -0.481 e. The lowest BCUT2D eigenvalue weighted by Crippen LogP contribution is -2.32. The fraction of sp³-hybridized carbons (Fsp3) is 0.588. The zero-order valence-electron chi connectivity index (χ0n) is 26.4. The number of aryl methyl sites for hydroxylation is 1. The first-order chi connectivity index (χ1) is 22.3. The maximum Gasteiger partial charge on any atom is 0.416 e. The molecule has 3 atom stereocenters. The Morgan fingerprint density at radius 1 is 0.854 bits per heavy atom. The topological polar surface area (TPSA) is 66.8 Å². The molecule has 2 aromatic carbocycles. The fourth-order valence-corrected chi connectivity index (χ4v) is 7.12. The molecule has 1 N–H and O–H groups in total. The summed E-state index contributed by atoms with van der Waals surface area (Å²) in [5.74, 6) is -0.151. The van der Waals surface area contributed by atoms with Gasteiger partial charge in [0.15, 0.2) is 0 Å². The highest BCUT2D eigenvalue weighted by molar-refractivity contribution is 5.71. The summed E-state index contributed by atoms with van der Waals surface area (Å²) in [6, 6.07) is 3.01. The van der Waals surface area contributed by atoms with Gasteiger partial charge in [-0.1, -0.05) is 25.8 Å². The number of hydrogen-bond donors (Lipinski definition) is 1. The second-order valence-electron chi connectivity index (χ2n) is 13.0. The molecule has 2 fully saturated rings. The number of benzene rings is 2. The predicted octanol–water partition coefficient (Wildman–Crippen LogP) is 10.5. The number of alkyl halides is 9. The van der Waals surface area contributed by atoms with Crippen molar-refractivity contribution in [3.8, 4) is 0 Å². The van der Waals surface area contributed by atoms with Crippen molar-refractivity contribution in [2.24, 2.45) is 17.8 Å². The number of nitrogens with zero attached hydrogens (tertiary/aromatic N) is 1. The summed E-state index contributed by atoms with van der Waals surface area (Å²) in [7, 11) is 0. The van der Waals surface area contributed by atoms with E-state index >= 15 is 0 Å². The van der Waals surface area contributed by atoms with Crippen LogP contribution in [0.2, 0.25) is 0 Å². The molecule has 1 heterocycles. The third kappa shape index (κ3) is 9.16. The van der Waals surface area contributed by atoms with Gasteiger partial charge in [-0.05, 0) is 110 Å². The third-order valence-corrected chi connectivity index (χ3v) is 9.67. The van der Waals surface area contributed by atoms with Crippen molar-refractivity contribution in [1.82, 2.24) is 4.90 Å². The van der Waals surface area contributed by atoms with Crippen LogP contribution in [0.15, 0.2) is 36.4 Å². The van der Waals surface area contributed by atoms with Gasteiger partial charge in [0.2, 0.25) is 0 Å². The number of halogens is 9. The van der Waals surface area contributed by atoms with Crippen molar-refractivity contribution in [3.05, 3.63) is 69.8 Å². The molecular weight excluding hydrogens is 657 g/mol. The second kappa shape index (κ2) is 14.6. The molecule has 0 radical (unpaired) electrons. The fourth-order valence-electron chi connectivity index (χ4n) is 7.12. The summed E-state index contributed by atoms with van der Waals surface area (Å²) in [5, 5.41) is 9.13. The maximum absolute atomic E-state index is 13.8. The van der Waals surface area contributed by atoms with Gasteiger partial charge in [0.05, 0.1) is 22.7 Å². The number of cyclic esters (lactones) is 1. The number of ether oxygens (including phenoxy) is 1. The van der Waals surface area contributed by atoms with Crippen molar-refractivity contribution in [2.45, 2.75) is 109 Å². The number of carboxylic acids is 1. The normalized spacial score (nSPS) is 22.9. The zero-order chi connectivity index (χ0) is 35.6. The monoisotopic (exact) mass is 695 g/mol. The van der Waals surface area contributed by atoms with Crippen LogP contribution in [0.5, 0.6) is 0 Å². The number of carboxylic acid groups (broad SMARTS) is 1. The van der Waals surface area contributed by atoms with E-state index in [0.29, 0.717) is 36.5 Å². The van der Waals surface area contributed by atoms with E-state index in [-0.39, 0.29) is 29.9 Å². The van der Waals surface area contributed by atoms with Crippen LogP contribution in [0, 0.1) is 17.8 Å². The minimum atomic E-state index is -5.12. The van der Waals surface area contributed by atoms with E-state index in [1.165, 1.54) is 13.0 Å². The van der Waals surface area contributed by atoms with Crippen molar-refractivity contribution >= 4 is 12.1 Å². The average molecular weight is 696 g/mol. The molecule has 14 heteroatoms. The van der Waals surface area contributed by atoms with Gasteiger partial charge in [0, 0.05) is 13.0 Å². The summed E-state index contributed by atoms with van der Waals surface area (Å²) < 4.78 is 128. The van der Waals surface area contributed by atoms with E-state index in [0.717, 1.165) is 55.6 Å². The zero-order valence-corrected chi connectivity index (χ0v) is 26.4. The maximum atomic E-state index is 13.8. The summed E-state index contributed by atoms with van der Waals surface area (Å²) in [6.45, 7) is 2.99. The Balaban J connectivity index is 1.58. The largest absolute Gasteiger partial charge is 0.481 e. The predicted molar refractivity (Wildman–Crippen MR) is 157 cm³/mol. The van der Waals surface area contributed by atoms with Crippen LogP contribution in [0.25, 0.3) is 0 Å². The van der Waals surface area contributed by atoms with Crippen LogP contribution in [0.4, 0.5) is 44.3 Å². The lowest BCUT2D eigenvalue weighted by Gasteiger charge is -2.34. The van der Waals surface area contributed by atoms with Crippen LogP contribution in [0.3, 0.4) is 0 Å². The van der Waals surface area contributed by atoms with E-state index < -0.39 is 71.5 Å². The quantitative estimate of drug-likeness (QED) is 0.238. The molecule has 0 aromatic heterocycles. The molecule has 48 heavy (non-hydrogen) atoms. The summed E-state index contributed by atoms with van der Waals surface area (Å²) in [6.07, 6.45) is -11.4. The molecule has 4 rings (SSSR count). The van der Waals surface area contributed by atoms with E-state index in [2.05, 4.69) is 0 Å². The van der Waals surface area contributed by atoms with Gasteiger partial charge in [0.25, 0.3) is 0 Å². The summed E-state index contributed by atoms with van der Waals surface area (Å²) in [5.41, 5.74) is -3.98. The highest BCUT2D eigenvalue weighted by atomic mass is 19.4. The van der Waals surface area contributed by atoms with Gasteiger partial charge in [-0.2, -0.15) is 39.5 Å². The lowest BCUT2D eigenvalue weighted by molar-refractivity contribution is -0.143. The average Bonchev–Trinajstić information content (AvgIpc) is 3.26. The molecule has 1 saturated carbocycles. The standard InChI is InChI=1S/C34H38F9NO4/c1-3-4-21(22-7-5-20(6-8-22)13-29(45)46)9-10-23-11-12-26(32(35,36)37)16-25(23)18-44-19(2)30(48-31(44)47)24-14-27(33(38,39)40)17-28(15-24)34(41,42)43/h11-12,14-17,19-22,30H,3-10,13,18H2,1-2H3,(H,45,46). The Hall–Kier alpha value is -3.45. The van der Waals surface area contributed by atoms with Crippen LogP contribution < -0.4 is 0 Å². The van der Waals surface area contributed by atoms with Gasteiger partial charge in [-0.25, -0.2) is 4.79 Å². The molecule has 1 saturated heterocycles. The van der Waals surface area contributed by atoms with Crippen molar-refractivity contribution in [1.29, 1.82) is 0 Å². The smallest absolute Gasteiger partial charge is 0.416 e. The summed E-state index contributed by atoms with van der Waals surface area (Å²) in [4.78, 5) is 25.1. The molecule has 2 aromatic rings. The molecule has 1 aliphatic carbocycles. The molecule has 1 aliphatic heterocycles. The van der Waals surface area contributed by atoms with E-state index in [9.17, 15) is 49.1 Å². The minimum absolute atomic E-state index is 0.0366. The Bertz CT molecular complexity index is 1410. The Labute approximate surface area is 272 Å². The first-order valence-electron chi connectivity index (χ1n) is 15.9. The number of amides is 1. The van der Waals surface area contributed by atoms with E-state index in [1.807, 2.05) is 6.92 Å².